The van der Waals surface area contributed by atoms with Crippen molar-refractivity contribution in [3.8, 4) is 0 Å². The van der Waals surface area contributed by atoms with Gasteiger partial charge in [0.25, 0.3) is 0 Å². The van der Waals surface area contributed by atoms with Crippen LogP contribution >= 0.6 is 11.8 Å². The number of hydrogen-bond acceptors (Lipinski definition) is 3. The SMILES string of the molecule is CCN1CCC(CCNC(=NC)NC2CCCSC2)CC1. The zero-order chi connectivity index (χ0) is 14.9. The summed E-state index contributed by atoms with van der Waals surface area (Å²) in [6, 6.07) is 0.600. The zero-order valence-electron chi connectivity index (χ0n) is 13.7. The molecular weight excluding hydrogens is 280 g/mol. The highest BCUT2D eigenvalue weighted by molar-refractivity contribution is 7.99. The van der Waals surface area contributed by atoms with Crippen LogP contribution in [0, 0.1) is 5.92 Å². The van der Waals surface area contributed by atoms with Gasteiger partial charge in [0.15, 0.2) is 5.96 Å². The first-order valence-corrected chi connectivity index (χ1v) is 9.74. The van der Waals surface area contributed by atoms with Crippen molar-refractivity contribution in [3.05, 3.63) is 0 Å². The summed E-state index contributed by atoms with van der Waals surface area (Å²) in [5.41, 5.74) is 0. The molecule has 5 heteroatoms. The summed E-state index contributed by atoms with van der Waals surface area (Å²) < 4.78 is 0. The molecule has 0 aromatic rings. The van der Waals surface area contributed by atoms with Crippen molar-refractivity contribution in [2.45, 2.75) is 45.1 Å². The highest BCUT2D eigenvalue weighted by Gasteiger charge is 2.18. The lowest BCUT2D eigenvalue weighted by atomic mass is 9.93. The first-order valence-electron chi connectivity index (χ1n) is 8.59. The molecule has 0 radical (unpaired) electrons. The van der Waals surface area contributed by atoms with Crippen molar-refractivity contribution in [1.82, 2.24) is 15.5 Å². The predicted molar refractivity (Wildman–Crippen MR) is 94.3 cm³/mol. The average molecular weight is 313 g/mol. The van der Waals surface area contributed by atoms with Crippen LogP contribution in [0.1, 0.15) is 39.0 Å². The maximum Gasteiger partial charge on any atom is 0.191 e. The van der Waals surface area contributed by atoms with Crippen LogP contribution in [-0.2, 0) is 0 Å². The van der Waals surface area contributed by atoms with E-state index in [4.69, 9.17) is 0 Å². The summed E-state index contributed by atoms with van der Waals surface area (Å²) in [7, 11) is 1.88. The summed E-state index contributed by atoms with van der Waals surface area (Å²) >= 11 is 2.05. The Morgan fingerprint density at radius 2 is 2.10 bits per heavy atom. The van der Waals surface area contributed by atoms with Gasteiger partial charge >= 0.3 is 0 Å². The second-order valence-electron chi connectivity index (χ2n) is 6.22. The molecule has 0 aromatic heterocycles. The second kappa shape index (κ2) is 9.57. The quantitative estimate of drug-likeness (QED) is 0.603. The molecule has 2 heterocycles. The Hall–Kier alpha value is -0.420. The Kier molecular flexibility index (Phi) is 7.72. The van der Waals surface area contributed by atoms with Crippen LogP contribution in [0.4, 0.5) is 0 Å². The zero-order valence-corrected chi connectivity index (χ0v) is 14.6. The van der Waals surface area contributed by atoms with Gasteiger partial charge in [0.2, 0.25) is 0 Å². The summed E-state index contributed by atoms with van der Waals surface area (Å²) in [5.74, 6) is 4.42. The van der Waals surface area contributed by atoms with E-state index in [0.717, 1.165) is 18.4 Å². The molecule has 0 bridgehead atoms. The van der Waals surface area contributed by atoms with Gasteiger partial charge in [-0.2, -0.15) is 11.8 Å². The van der Waals surface area contributed by atoms with E-state index in [1.54, 1.807) is 0 Å². The second-order valence-corrected chi connectivity index (χ2v) is 7.37. The third kappa shape index (κ3) is 6.07. The summed E-state index contributed by atoms with van der Waals surface area (Å²) in [6.45, 7) is 7.10. The molecule has 0 saturated carbocycles. The molecule has 2 rings (SSSR count). The van der Waals surface area contributed by atoms with Crippen molar-refractivity contribution in [2.75, 3.05) is 44.7 Å². The van der Waals surface area contributed by atoms with E-state index in [1.165, 1.54) is 63.2 Å². The lowest BCUT2D eigenvalue weighted by Gasteiger charge is -2.31. The standard InChI is InChI=1S/C16H32N4S/c1-3-20-10-7-14(8-11-20)6-9-18-16(17-2)19-15-5-4-12-21-13-15/h14-15H,3-13H2,1-2H3,(H2,17,18,19). The minimum Gasteiger partial charge on any atom is -0.356 e. The molecule has 0 aliphatic carbocycles. The Labute approximate surface area is 134 Å². The third-order valence-corrected chi connectivity index (χ3v) is 5.94. The van der Waals surface area contributed by atoms with Crippen LogP contribution in [-0.4, -0.2) is 61.6 Å². The number of nitrogens with one attached hydrogen (secondary N) is 2. The molecular formula is C16H32N4S. The van der Waals surface area contributed by atoms with Crippen molar-refractivity contribution in [1.29, 1.82) is 0 Å². The van der Waals surface area contributed by atoms with Gasteiger partial charge in [0.1, 0.15) is 0 Å². The van der Waals surface area contributed by atoms with Gasteiger partial charge in [-0.05, 0) is 63.4 Å². The average Bonchev–Trinajstić information content (AvgIpc) is 2.55. The van der Waals surface area contributed by atoms with Crippen LogP contribution in [0.15, 0.2) is 4.99 Å². The molecule has 2 aliphatic rings. The number of aliphatic imine (C=N–C) groups is 1. The number of hydrogen-bond donors (Lipinski definition) is 2. The fourth-order valence-corrected chi connectivity index (χ4v) is 4.30. The normalized spacial score (nSPS) is 25.8. The maximum absolute atomic E-state index is 4.37. The molecule has 2 fully saturated rings. The highest BCUT2D eigenvalue weighted by Crippen LogP contribution is 2.19. The van der Waals surface area contributed by atoms with Gasteiger partial charge in [-0.3, -0.25) is 4.99 Å². The lowest BCUT2D eigenvalue weighted by molar-refractivity contribution is 0.187. The highest BCUT2D eigenvalue weighted by atomic mass is 32.2. The van der Waals surface area contributed by atoms with Gasteiger partial charge in [-0.15, -0.1) is 0 Å². The maximum atomic E-state index is 4.37. The molecule has 0 aromatic carbocycles. The van der Waals surface area contributed by atoms with E-state index in [0.29, 0.717) is 6.04 Å². The van der Waals surface area contributed by atoms with Crippen molar-refractivity contribution in [3.63, 3.8) is 0 Å². The van der Waals surface area contributed by atoms with E-state index in [2.05, 4.69) is 39.2 Å². The predicted octanol–water partition coefficient (Wildman–Crippen LogP) is 2.17. The van der Waals surface area contributed by atoms with Crippen molar-refractivity contribution < 1.29 is 0 Å². The first-order chi connectivity index (χ1) is 10.3. The summed E-state index contributed by atoms with van der Waals surface area (Å²) in [6.07, 6.45) is 6.61. The van der Waals surface area contributed by atoms with Crippen LogP contribution in [0.25, 0.3) is 0 Å². The number of rotatable bonds is 5. The first kappa shape index (κ1) is 16.9. The van der Waals surface area contributed by atoms with Crippen molar-refractivity contribution in [2.24, 2.45) is 10.9 Å². The molecule has 2 aliphatic heterocycles. The molecule has 122 valence electrons. The number of piperidine rings is 1. The molecule has 0 spiro atoms. The van der Waals surface area contributed by atoms with E-state index in [1.807, 2.05) is 7.05 Å². The van der Waals surface area contributed by atoms with Crippen molar-refractivity contribution >= 4 is 17.7 Å². The molecule has 0 amide bonds. The fraction of sp³-hybridized carbons (Fsp3) is 0.938. The number of likely N-dealkylation sites (tertiary alicyclic amines) is 1. The summed E-state index contributed by atoms with van der Waals surface area (Å²) in [5, 5.41) is 7.07. The van der Waals surface area contributed by atoms with E-state index < -0.39 is 0 Å². The lowest BCUT2D eigenvalue weighted by Crippen LogP contribution is -2.46. The number of thioether (sulfide) groups is 1. The monoisotopic (exact) mass is 312 g/mol. The molecule has 2 saturated heterocycles. The smallest absolute Gasteiger partial charge is 0.191 e. The van der Waals surface area contributed by atoms with Crippen LogP contribution in [0.5, 0.6) is 0 Å². The van der Waals surface area contributed by atoms with Gasteiger partial charge in [-0.1, -0.05) is 6.92 Å². The minimum absolute atomic E-state index is 0.600. The molecule has 2 N–H and O–H groups in total. The molecule has 1 unspecified atom stereocenters. The number of nitrogens with zero attached hydrogens (tertiary/aromatic N) is 2. The van der Waals surface area contributed by atoms with Gasteiger partial charge in [-0.25, -0.2) is 0 Å². The fourth-order valence-electron chi connectivity index (χ4n) is 3.23. The Bertz CT molecular complexity index is 307. The number of guanidine groups is 1. The van der Waals surface area contributed by atoms with Gasteiger partial charge in [0.05, 0.1) is 0 Å². The van der Waals surface area contributed by atoms with E-state index in [-0.39, 0.29) is 0 Å². The Morgan fingerprint density at radius 3 is 2.71 bits per heavy atom. The van der Waals surface area contributed by atoms with Gasteiger partial charge in [0, 0.05) is 25.4 Å². The third-order valence-electron chi connectivity index (χ3n) is 4.72. The van der Waals surface area contributed by atoms with E-state index >= 15 is 0 Å². The summed E-state index contributed by atoms with van der Waals surface area (Å²) in [4.78, 5) is 6.93. The van der Waals surface area contributed by atoms with Crippen LogP contribution < -0.4 is 10.6 Å². The van der Waals surface area contributed by atoms with Crippen LogP contribution in [0.3, 0.4) is 0 Å². The van der Waals surface area contributed by atoms with Gasteiger partial charge < -0.3 is 15.5 Å². The molecule has 21 heavy (non-hydrogen) atoms. The van der Waals surface area contributed by atoms with Crippen LogP contribution in [0.2, 0.25) is 0 Å². The minimum atomic E-state index is 0.600. The Morgan fingerprint density at radius 1 is 1.29 bits per heavy atom. The molecule has 4 nitrogen and oxygen atoms in total. The van der Waals surface area contributed by atoms with E-state index in [9.17, 15) is 0 Å². The Balaban J connectivity index is 1.60. The topological polar surface area (TPSA) is 39.7 Å². The molecule has 1 atom stereocenters. The largest absolute Gasteiger partial charge is 0.356 e.